The fraction of sp³-hybridized carbons (Fsp3) is 0.182. The highest BCUT2D eigenvalue weighted by Crippen LogP contribution is 2.26. The van der Waals surface area contributed by atoms with Gasteiger partial charge in [0.2, 0.25) is 5.91 Å². The summed E-state index contributed by atoms with van der Waals surface area (Å²) in [4.78, 5) is 32.0. The van der Waals surface area contributed by atoms with E-state index in [0.717, 1.165) is 5.69 Å². The second kappa shape index (κ2) is 8.97. The molecule has 3 rings (SSSR count). The molecular weight excluding hydrogens is 366 g/mol. The molecular formula is C22H23N5O2. The standard InChI is InChI=1S/C22H23N5O2/c1-14(2)18-6-4-5-7-19(18)27-21-13-23-20(12-24-21)22(29)26-17-10-8-16(9-11-17)25-15(3)28/h4-14H,1-3H3,(H,24,27)(H,25,28)(H,26,29). The summed E-state index contributed by atoms with van der Waals surface area (Å²) in [5, 5.41) is 8.68. The first-order valence-electron chi connectivity index (χ1n) is 9.29. The van der Waals surface area contributed by atoms with E-state index in [0.29, 0.717) is 23.1 Å². The van der Waals surface area contributed by atoms with Gasteiger partial charge in [0.15, 0.2) is 0 Å². The van der Waals surface area contributed by atoms with Gasteiger partial charge in [-0.05, 0) is 41.8 Å². The van der Waals surface area contributed by atoms with E-state index in [1.54, 1.807) is 24.3 Å². The van der Waals surface area contributed by atoms with Crippen LogP contribution in [0.15, 0.2) is 60.9 Å². The molecule has 0 radical (unpaired) electrons. The molecule has 2 aromatic carbocycles. The third-order valence-electron chi connectivity index (χ3n) is 4.19. The van der Waals surface area contributed by atoms with Crippen molar-refractivity contribution in [1.29, 1.82) is 0 Å². The van der Waals surface area contributed by atoms with Crippen LogP contribution in [0.2, 0.25) is 0 Å². The Morgan fingerprint density at radius 2 is 1.52 bits per heavy atom. The molecule has 0 aliphatic carbocycles. The quantitative estimate of drug-likeness (QED) is 0.575. The van der Waals surface area contributed by atoms with Gasteiger partial charge in [-0.15, -0.1) is 0 Å². The van der Waals surface area contributed by atoms with Crippen molar-refractivity contribution in [3.05, 3.63) is 72.2 Å². The van der Waals surface area contributed by atoms with Crippen molar-refractivity contribution >= 4 is 34.7 Å². The van der Waals surface area contributed by atoms with Crippen molar-refractivity contribution in [3.8, 4) is 0 Å². The molecule has 1 aromatic heterocycles. The third-order valence-corrected chi connectivity index (χ3v) is 4.19. The molecule has 3 N–H and O–H groups in total. The monoisotopic (exact) mass is 389 g/mol. The van der Waals surface area contributed by atoms with E-state index in [2.05, 4.69) is 45.8 Å². The maximum atomic E-state index is 12.4. The Balaban J connectivity index is 1.65. The highest BCUT2D eigenvalue weighted by Gasteiger charge is 2.10. The summed E-state index contributed by atoms with van der Waals surface area (Å²) in [6.07, 6.45) is 2.97. The average molecular weight is 389 g/mol. The predicted octanol–water partition coefficient (Wildman–Crippen LogP) is 4.55. The summed E-state index contributed by atoms with van der Waals surface area (Å²) in [6, 6.07) is 14.8. The van der Waals surface area contributed by atoms with E-state index >= 15 is 0 Å². The number of hydrogen-bond acceptors (Lipinski definition) is 5. The van der Waals surface area contributed by atoms with Crippen molar-refractivity contribution in [1.82, 2.24) is 9.97 Å². The Bertz CT molecular complexity index is 998. The van der Waals surface area contributed by atoms with Gasteiger partial charge < -0.3 is 16.0 Å². The van der Waals surface area contributed by atoms with Crippen LogP contribution >= 0.6 is 0 Å². The van der Waals surface area contributed by atoms with E-state index in [-0.39, 0.29) is 17.5 Å². The third kappa shape index (κ3) is 5.38. The predicted molar refractivity (Wildman–Crippen MR) is 115 cm³/mol. The molecule has 7 heteroatoms. The lowest BCUT2D eigenvalue weighted by molar-refractivity contribution is -0.114. The second-order valence-electron chi connectivity index (χ2n) is 6.87. The van der Waals surface area contributed by atoms with Gasteiger partial charge in [-0.1, -0.05) is 32.0 Å². The molecule has 0 spiro atoms. The Kier molecular flexibility index (Phi) is 6.19. The summed E-state index contributed by atoms with van der Waals surface area (Å²) in [5.41, 5.74) is 3.61. The first-order valence-corrected chi connectivity index (χ1v) is 9.29. The topological polar surface area (TPSA) is 96.0 Å². The zero-order valence-electron chi connectivity index (χ0n) is 16.6. The van der Waals surface area contributed by atoms with Gasteiger partial charge in [0.25, 0.3) is 5.91 Å². The smallest absolute Gasteiger partial charge is 0.275 e. The van der Waals surface area contributed by atoms with E-state index in [1.165, 1.54) is 24.9 Å². The van der Waals surface area contributed by atoms with Crippen LogP contribution in [0.5, 0.6) is 0 Å². The number of benzene rings is 2. The second-order valence-corrected chi connectivity index (χ2v) is 6.87. The van der Waals surface area contributed by atoms with Crippen LogP contribution in [0.3, 0.4) is 0 Å². The Morgan fingerprint density at radius 1 is 0.862 bits per heavy atom. The van der Waals surface area contributed by atoms with Crippen LogP contribution in [0.4, 0.5) is 22.9 Å². The minimum absolute atomic E-state index is 0.151. The molecule has 2 amide bonds. The fourth-order valence-electron chi connectivity index (χ4n) is 2.80. The number of nitrogens with zero attached hydrogens (tertiary/aromatic N) is 2. The van der Waals surface area contributed by atoms with Gasteiger partial charge in [0.05, 0.1) is 12.4 Å². The number of para-hydroxylation sites is 1. The molecule has 0 atom stereocenters. The van der Waals surface area contributed by atoms with Crippen molar-refractivity contribution in [3.63, 3.8) is 0 Å². The Labute approximate surface area is 169 Å². The molecule has 0 saturated heterocycles. The number of rotatable bonds is 6. The highest BCUT2D eigenvalue weighted by atomic mass is 16.2. The van der Waals surface area contributed by atoms with E-state index < -0.39 is 0 Å². The fourth-order valence-corrected chi connectivity index (χ4v) is 2.80. The molecule has 0 unspecified atom stereocenters. The molecule has 0 bridgehead atoms. The van der Waals surface area contributed by atoms with Crippen LogP contribution in [-0.4, -0.2) is 21.8 Å². The average Bonchev–Trinajstić information content (AvgIpc) is 2.70. The van der Waals surface area contributed by atoms with Crippen molar-refractivity contribution < 1.29 is 9.59 Å². The molecule has 0 fully saturated rings. The van der Waals surface area contributed by atoms with Gasteiger partial charge in [-0.3, -0.25) is 9.59 Å². The maximum Gasteiger partial charge on any atom is 0.275 e. The normalized spacial score (nSPS) is 10.5. The van der Waals surface area contributed by atoms with Gasteiger partial charge in [0, 0.05) is 24.0 Å². The maximum absolute atomic E-state index is 12.4. The molecule has 0 aliphatic heterocycles. The zero-order valence-corrected chi connectivity index (χ0v) is 16.6. The summed E-state index contributed by atoms with van der Waals surface area (Å²) in [5.74, 6) is 0.420. The van der Waals surface area contributed by atoms with Crippen LogP contribution in [-0.2, 0) is 4.79 Å². The number of hydrogen-bond donors (Lipinski definition) is 3. The van der Waals surface area contributed by atoms with Crippen molar-refractivity contribution in [2.45, 2.75) is 26.7 Å². The molecule has 148 valence electrons. The molecule has 3 aromatic rings. The summed E-state index contributed by atoms with van der Waals surface area (Å²) in [7, 11) is 0. The SMILES string of the molecule is CC(=O)Nc1ccc(NC(=O)c2cnc(Nc3ccccc3C(C)C)cn2)cc1. The van der Waals surface area contributed by atoms with Gasteiger partial charge >= 0.3 is 0 Å². The molecule has 0 saturated carbocycles. The molecule has 1 heterocycles. The largest absolute Gasteiger partial charge is 0.339 e. The number of aromatic nitrogens is 2. The van der Waals surface area contributed by atoms with Gasteiger partial charge in [-0.25, -0.2) is 9.97 Å². The van der Waals surface area contributed by atoms with Crippen LogP contribution in [0, 0.1) is 0 Å². The minimum Gasteiger partial charge on any atom is -0.339 e. The lowest BCUT2D eigenvalue weighted by atomic mass is 10.0. The summed E-state index contributed by atoms with van der Waals surface area (Å²) in [6.45, 7) is 5.69. The lowest BCUT2D eigenvalue weighted by Crippen LogP contribution is -2.14. The number of carbonyl (C=O) groups excluding carboxylic acids is 2. The van der Waals surface area contributed by atoms with E-state index in [4.69, 9.17) is 0 Å². The van der Waals surface area contributed by atoms with Crippen molar-refractivity contribution in [2.24, 2.45) is 0 Å². The number of carbonyl (C=O) groups is 2. The number of nitrogens with one attached hydrogen (secondary N) is 3. The molecule has 29 heavy (non-hydrogen) atoms. The summed E-state index contributed by atoms with van der Waals surface area (Å²) >= 11 is 0. The number of anilines is 4. The van der Waals surface area contributed by atoms with E-state index in [1.807, 2.05) is 18.2 Å². The first kappa shape index (κ1) is 20.0. The number of amides is 2. The first-order chi connectivity index (χ1) is 13.9. The van der Waals surface area contributed by atoms with E-state index in [9.17, 15) is 9.59 Å². The Morgan fingerprint density at radius 3 is 2.10 bits per heavy atom. The van der Waals surface area contributed by atoms with Crippen LogP contribution in [0.1, 0.15) is 42.7 Å². The highest BCUT2D eigenvalue weighted by molar-refractivity contribution is 6.02. The Hall–Kier alpha value is -3.74. The molecule has 0 aliphatic rings. The van der Waals surface area contributed by atoms with Crippen molar-refractivity contribution in [2.75, 3.05) is 16.0 Å². The van der Waals surface area contributed by atoms with Gasteiger partial charge in [0.1, 0.15) is 11.5 Å². The van der Waals surface area contributed by atoms with Gasteiger partial charge in [-0.2, -0.15) is 0 Å². The van der Waals surface area contributed by atoms with Crippen LogP contribution < -0.4 is 16.0 Å². The van der Waals surface area contributed by atoms with Crippen LogP contribution in [0.25, 0.3) is 0 Å². The lowest BCUT2D eigenvalue weighted by Gasteiger charge is -2.14. The summed E-state index contributed by atoms with van der Waals surface area (Å²) < 4.78 is 0. The zero-order chi connectivity index (χ0) is 20.8. The molecule has 7 nitrogen and oxygen atoms in total. The minimum atomic E-state index is -0.362.